The number of aryl methyl sites for hydroxylation is 2. The summed E-state index contributed by atoms with van der Waals surface area (Å²) in [6.07, 6.45) is -7.86. The third-order valence-corrected chi connectivity index (χ3v) is 10.0. The largest absolute Gasteiger partial charge is 0.472 e. The predicted molar refractivity (Wildman–Crippen MR) is 150 cm³/mol. The minimum Gasteiger partial charge on any atom is -0.387 e. The van der Waals surface area contributed by atoms with Crippen molar-refractivity contribution in [3.8, 4) is 0 Å². The zero-order valence-electron chi connectivity index (χ0n) is 23.6. The predicted octanol–water partition coefficient (Wildman–Crippen LogP) is 0.610. The van der Waals surface area contributed by atoms with Gasteiger partial charge >= 0.3 is 15.6 Å². The number of aliphatic hydroxyl groups is 2. The van der Waals surface area contributed by atoms with Gasteiger partial charge in [0, 0.05) is 0 Å². The normalized spacial score (nSPS) is 37.7. The van der Waals surface area contributed by atoms with Crippen LogP contribution in [0.3, 0.4) is 0 Å². The number of imidazole rings is 2. The zero-order valence-corrected chi connectivity index (χ0v) is 25.4. The van der Waals surface area contributed by atoms with Crippen molar-refractivity contribution in [3.05, 3.63) is 42.2 Å². The topological polar surface area (TPSA) is 258 Å². The van der Waals surface area contributed by atoms with E-state index < -0.39 is 77.9 Å². The van der Waals surface area contributed by atoms with Crippen LogP contribution in [-0.2, 0) is 36.7 Å². The highest BCUT2D eigenvalue weighted by Gasteiger charge is 2.53. The number of phosphoric acid groups is 2. The second-order valence-electron chi connectivity index (χ2n) is 10.9. The van der Waals surface area contributed by atoms with Crippen molar-refractivity contribution in [2.45, 2.75) is 62.9 Å². The highest BCUT2D eigenvalue weighted by atomic mass is 31.2. The van der Waals surface area contributed by atoms with Crippen molar-refractivity contribution in [2.24, 2.45) is 0 Å². The Bertz CT molecular complexity index is 1870. The molecule has 0 aliphatic carbocycles. The van der Waals surface area contributed by atoms with Crippen molar-refractivity contribution < 1.29 is 56.7 Å². The Kier molecular flexibility index (Phi) is 7.59. The number of aliphatic hydroxyl groups excluding tert-OH is 2. The van der Waals surface area contributed by atoms with E-state index in [-0.39, 0.29) is 17.0 Å². The summed E-state index contributed by atoms with van der Waals surface area (Å²) in [6, 6.07) is 3.68. The van der Waals surface area contributed by atoms with Gasteiger partial charge in [-0.3, -0.25) is 22.7 Å². The molecule has 10 atom stereocenters. The van der Waals surface area contributed by atoms with Crippen LogP contribution in [0.25, 0.3) is 22.2 Å². The molecule has 19 nitrogen and oxygen atoms in total. The maximum Gasteiger partial charge on any atom is 0.472 e. The quantitative estimate of drug-likeness (QED) is 0.183. The van der Waals surface area contributed by atoms with Gasteiger partial charge in [0.05, 0.1) is 36.9 Å². The average molecular weight is 669 g/mol. The molecule has 6 heterocycles. The molecule has 3 aromatic heterocycles. The second-order valence-corrected chi connectivity index (χ2v) is 13.8. The summed E-state index contributed by atoms with van der Waals surface area (Å²) >= 11 is 0. The van der Waals surface area contributed by atoms with E-state index in [0.717, 1.165) is 11.1 Å². The highest BCUT2D eigenvalue weighted by Crippen LogP contribution is 2.53. The Balaban J connectivity index is 1.20. The van der Waals surface area contributed by atoms with Crippen molar-refractivity contribution in [1.82, 2.24) is 29.1 Å². The van der Waals surface area contributed by atoms with Crippen molar-refractivity contribution in [1.29, 1.82) is 0 Å². The molecule has 0 radical (unpaired) electrons. The summed E-state index contributed by atoms with van der Waals surface area (Å²) in [7, 11) is -9.99. The summed E-state index contributed by atoms with van der Waals surface area (Å²) in [5.74, 6) is 0.0614. The smallest absolute Gasteiger partial charge is 0.387 e. The third kappa shape index (κ3) is 5.48. The number of fused-ring (bicyclic) bond motifs is 5. The first-order valence-corrected chi connectivity index (χ1v) is 16.7. The number of ether oxygens (including phenoxy) is 2. The van der Waals surface area contributed by atoms with Crippen LogP contribution >= 0.6 is 15.6 Å². The Labute approximate surface area is 253 Å². The third-order valence-electron chi connectivity index (χ3n) is 8.06. The Morgan fingerprint density at radius 1 is 0.822 bits per heavy atom. The van der Waals surface area contributed by atoms with E-state index in [1.54, 1.807) is 0 Å². The van der Waals surface area contributed by atoms with Gasteiger partial charge in [-0.25, -0.2) is 29.1 Å². The first-order chi connectivity index (χ1) is 21.3. The fourth-order valence-electron chi connectivity index (χ4n) is 5.65. The number of rotatable bonds is 2. The van der Waals surface area contributed by atoms with E-state index in [4.69, 9.17) is 33.3 Å². The number of phosphoric ester groups is 2. The van der Waals surface area contributed by atoms with Crippen LogP contribution in [0.5, 0.6) is 0 Å². The van der Waals surface area contributed by atoms with Gasteiger partial charge in [0.25, 0.3) is 0 Å². The van der Waals surface area contributed by atoms with E-state index in [2.05, 4.69) is 19.9 Å². The molecule has 45 heavy (non-hydrogen) atoms. The van der Waals surface area contributed by atoms with Crippen molar-refractivity contribution in [3.63, 3.8) is 0 Å². The molecule has 4 aromatic rings. The monoisotopic (exact) mass is 669 g/mol. The van der Waals surface area contributed by atoms with Gasteiger partial charge in [-0.2, -0.15) is 0 Å². The maximum atomic E-state index is 13.3. The number of nitrogens with two attached hydrogens (primary N) is 1. The Hall–Kier alpha value is -2.90. The second kappa shape index (κ2) is 11.1. The molecule has 2 bridgehead atoms. The van der Waals surface area contributed by atoms with E-state index in [0.29, 0.717) is 11.0 Å². The molecule has 0 spiro atoms. The van der Waals surface area contributed by atoms with Gasteiger partial charge in [0.15, 0.2) is 23.9 Å². The molecule has 3 aliphatic heterocycles. The fraction of sp³-hybridized carbons (Fsp3) is 0.500. The number of anilines is 1. The van der Waals surface area contributed by atoms with Crippen LogP contribution in [-0.4, -0.2) is 98.9 Å². The first kappa shape index (κ1) is 30.7. The molecule has 0 amide bonds. The van der Waals surface area contributed by atoms with Gasteiger partial charge in [-0.05, 0) is 37.1 Å². The lowest BCUT2D eigenvalue weighted by molar-refractivity contribution is -0.0671. The number of nitrogens with zero attached hydrogens (tertiary/aromatic N) is 6. The van der Waals surface area contributed by atoms with Gasteiger partial charge in [-0.15, -0.1) is 0 Å². The van der Waals surface area contributed by atoms with Gasteiger partial charge in [0.2, 0.25) is 0 Å². The van der Waals surface area contributed by atoms with Crippen LogP contribution in [0.1, 0.15) is 23.6 Å². The molecule has 0 saturated carbocycles. The van der Waals surface area contributed by atoms with Gasteiger partial charge < -0.3 is 39.8 Å². The average Bonchev–Trinajstić information content (AvgIpc) is 3.73. The number of aromatic nitrogens is 6. The van der Waals surface area contributed by atoms with Gasteiger partial charge in [-0.1, -0.05) is 0 Å². The SMILES string of the molecule is Cc1cc2ncn(C3OC4COP(=O)(O)OC5C(COP(=O)(O)OC3C4O)OC(n3cnc4c(N)ncnc43)C5O)c2cc1C. The zero-order chi connectivity index (χ0) is 31.8. The van der Waals surface area contributed by atoms with Gasteiger partial charge in [0.1, 0.15) is 48.5 Å². The fourth-order valence-corrected chi connectivity index (χ4v) is 7.55. The summed E-state index contributed by atoms with van der Waals surface area (Å²) < 4.78 is 62.2. The number of hydrogen-bond acceptors (Lipinski definition) is 15. The van der Waals surface area contributed by atoms with Crippen molar-refractivity contribution >= 4 is 43.7 Å². The van der Waals surface area contributed by atoms with Crippen LogP contribution in [0.2, 0.25) is 0 Å². The summed E-state index contributed by atoms with van der Waals surface area (Å²) in [5, 5.41) is 22.3. The molecular formula is C24H29N7O12P2. The summed E-state index contributed by atoms with van der Waals surface area (Å²) in [5.41, 5.74) is 9.33. The molecule has 1 aromatic carbocycles. The standard InChI is InChI=1S/C24H29N7O12P2/c1-10-3-12-13(4-11(10)2)30(8-28-12)24-20-17(32)14(40-24)5-38-44(34,35)42-19-15(6-39-45(36,37)43-20)41-23(18(19)33)31-9-29-16-21(25)26-7-27-22(16)31/h3-4,7-9,14-15,17-20,23-24,32-33H,5-6H2,1-2H3,(H,34,35)(H,36,37)(H2,25,26,27). The van der Waals surface area contributed by atoms with Crippen LogP contribution in [0.15, 0.2) is 31.1 Å². The Morgan fingerprint density at radius 3 is 2.22 bits per heavy atom. The number of nitrogen functional groups attached to an aromatic ring is 1. The molecule has 10 unspecified atom stereocenters. The molecule has 21 heteroatoms. The molecular weight excluding hydrogens is 640 g/mol. The molecule has 3 aliphatic rings. The number of benzene rings is 1. The molecule has 7 rings (SSSR count). The lowest BCUT2D eigenvalue weighted by Gasteiger charge is -2.26. The molecule has 242 valence electrons. The minimum atomic E-state index is -5.00. The lowest BCUT2D eigenvalue weighted by Crippen LogP contribution is -2.36. The lowest BCUT2D eigenvalue weighted by atomic mass is 10.1. The van der Waals surface area contributed by atoms with E-state index in [1.165, 1.54) is 28.1 Å². The maximum absolute atomic E-state index is 13.3. The van der Waals surface area contributed by atoms with E-state index in [1.807, 2.05) is 26.0 Å². The first-order valence-electron chi connectivity index (χ1n) is 13.7. The minimum absolute atomic E-state index is 0.0614. The van der Waals surface area contributed by atoms with Crippen LogP contribution < -0.4 is 5.73 Å². The summed E-state index contributed by atoms with van der Waals surface area (Å²) in [6.45, 7) is 2.35. The highest BCUT2D eigenvalue weighted by molar-refractivity contribution is 7.47. The number of hydrogen-bond donors (Lipinski definition) is 5. The van der Waals surface area contributed by atoms with Crippen molar-refractivity contribution in [2.75, 3.05) is 18.9 Å². The van der Waals surface area contributed by atoms with Crippen LogP contribution in [0.4, 0.5) is 5.82 Å². The molecule has 6 N–H and O–H groups in total. The van der Waals surface area contributed by atoms with E-state index >= 15 is 0 Å². The Morgan fingerprint density at radius 2 is 1.47 bits per heavy atom. The summed E-state index contributed by atoms with van der Waals surface area (Å²) in [4.78, 5) is 37.9. The molecule has 3 fully saturated rings. The van der Waals surface area contributed by atoms with E-state index in [9.17, 15) is 29.1 Å². The van der Waals surface area contributed by atoms with Crippen LogP contribution in [0, 0.1) is 13.8 Å². The molecule has 3 saturated heterocycles.